The highest BCUT2D eigenvalue weighted by molar-refractivity contribution is 5.87. The molecule has 7 heteroatoms. The van der Waals surface area contributed by atoms with Gasteiger partial charge in [-0.2, -0.15) is 0 Å². The van der Waals surface area contributed by atoms with E-state index in [1.165, 1.54) is 0 Å². The second kappa shape index (κ2) is 6.58. The van der Waals surface area contributed by atoms with Crippen molar-refractivity contribution in [3.05, 3.63) is 0 Å². The number of amides is 3. The van der Waals surface area contributed by atoms with E-state index in [4.69, 9.17) is 5.11 Å². The van der Waals surface area contributed by atoms with E-state index in [0.717, 1.165) is 25.9 Å². The van der Waals surface area contributed by atoms with E-state index in [1.54, 1.807) is 25.7 Å². The maximum atomic E-state index is 11.7. The fourth-order valence-electron chi connectivity index (χ4n) is 2.07. The molecule has 0 saturated carbocycles. The Labute approximate surface area is 118 Å². The number of carboxylic acids is 1. The van der Waals surface area contributed by atoms with Crippen molar-refractivity contribution >= 4 is 17.9 Å². The van der Waals surface area contributed by atoms with Crippen molar-refractivity contribution in [1.82, 2.24) is 15.5 Å². The summed E-state index contributed by atoms with van der Waals surface area (Å²) in [5.74, 6) is -1.24. The maximum absolute atomic E-state index is 11.7. The van der Waals surface area contributed by atoms with Crippen LogP contribution in [0.3, 0.4) is 0 Å². The number of rotatable bonds is 4. The van der Waals surface area contributed by atoms with Crippen LogP contribution in [0.25, 0.3) is 0 Å². The predicted molar refractivity (Wildman–Crippen MR) is 73.2 cm³/mol. The number of urea groups is 1. The van der Waals surface area contributed by atoms with Crippen LogP contribution in [0.5, 0.6) is 0 Å². The van der Waals surface area contributed by atoms with Crippen LogP contribution in [0.4, 0.5) is 4.79 Å². The molecule has 7 nitrogen and oxygen atoms in total. The molecule has 0 bridgehead atoms. The van der Waals surface area contributed by atoms with Gasteiger partial charge in [-0.05, 0) is 18.3 Å². The van der Waals surface area contributed by atoms with Gasteiger partial charge in [0.25, 0.3) is 0 Å². The van der Waals surface area contributed by atoms with Gasteiger partial charge in [-0.25, -0.2) is 9.59 Å². The zero-order valence-electron chi connectivity index (χ0n) is 12.2. The fourth-order valence-corrected chi connectivity index (χ4v) is 2.07. The van der Waals surface area contributed by atoms with Gasteiger partial charge in [0.05, 0.1) is 6.54 Å². The van der Waals surface area contributed by atoms with Gasteiger partial charge >= 0.3 is 12.0 Å². The van der Waals surface area contributed by atoms with Gasteiger partial charge < -0.3 is 20.6 Å². The standard InChI is InChI=1S/C13H23N3O4/c1-13(2,3)10(11(18)19)15-12(20)14-8-9(17)16-6-4-5-7-16/h10H,4-8H2,1-3H3,(H,18,19)(H2,14,15,20)/t10-/m1/s1. The summed E-state index contributed by atoms with van der Waals surface area (Å²) in [6.45, 7) is 6.51. The van der Waals surface area contributed by atoms with Crippen molar-refractivity contribution in [2.45, 2.75) is 39.7 Å². The van der Waals surface area contributed by atoms with E-state index < -0.39 is 23.5 Å². The molecule has 0 aliphatic carbocycles. The highest BCUT2D eigenvalue weighted by Crippen LogP contribution is 2.19. The molecule has 20 heavy (non-hydrogen) atoms. The Morgan fingerprint density at radius 2 is 1.75 bits per heavy atom. The first-order chi connectivity index (χ1) is 9.21. The molecule has 3 amide bonds. The van der Waals surface area contributed by atoms with Gasteiger partial charge in [0, 0.05) is 13.1 Å². The number of carbonyl (C=O) groups excluding carboxylic acids is 2. The van der Waals surface area contributed by atoms with Crippen LogP contribution in [-0.2, 0) is 9.59 Å². The lowest BCUT2D eigenvalue weighted by Crippen LogP contribution is -2.53. The molecule has 114 valence electrons. The van der Waals surface area contributed by atoms with Crippen LogP contribution in [0, 0.1) is 5.41 Å². The van der Waals surface area contributed by atoms with Crippen LogP contribution < -0.4 is 10.6 Å². The normalized spacial score (nSPS) is 16.6. The second-order valence-corrected chi connectivity index (χ2v) is 6.05. The van der Waals surface area contributed by atoms with Crippen LogP contribution in [0.1, 0.15) is 33.6 Å². The van der Waals surface area contributed by atoms with Gasteiger partial charge in [-0.1, -0.05) is 20.8 Å². The molecule has 0 radical (unpaired) electrons. The lowest BCUT2D eigenvalue weighted by atomic mass is 9.87. The van der Waals surface area contributed by atoms with E-state index in [0.29, 0.717) is 0 Å². The number of carboxylic acid groups (broad SMARTS) is 1. The molecule has 1 rings (SSSR count). The minimum Gasteiger partial charge on any atom is -0.480 e. The molecule has 0 aromatic heterocycles. The van der Waals surface area contributed by atoms with Crippen LogP contribution in [-0.4, -0.2) is 53.6 Å². The van der Waals surface area contributed by atoms with Gasteiger partial charge in [0.15, 0.2) is 0 Å². The van der Waals surface area contributed by atoms with E-state index >= 15 is 0 Å². The summed E-state index contributed by atoms with van der Waals surface area (Å²) in [7, 11) is 0. The first-order valence-electron chi connectivity index (χ1n) is 6.77. The molecule has 0 unspecified atom stereocenters. The van der Waals surface area contributed by atoms with Crippen molar-refractivity contribution in [2.75, 3.05) is 19.6 Å². The maximum Gasteiger partial charge on any atom is 0.326 e. The minimum absolute atomic E-state index is 0.109. The largest absolute Gasteiger partial charge is 0.480 e. The lowest BCUT2D eigenvalue weighted by molar-refractivity contribution is -0.141. The van der Waals surface area contributed by atoms with Gasteiger partial charge in [0.1, 0.15) is 6.04 Å². The van der Waals surface area contributed by atoms with Gasteiger partial charge in [-0.3, -0.25) is 4.79 Å². The molecule has 0 spiro atoms. The van der Waals surface area contributed by atoms with E-state index in [2.05, 4.69) is 10.6 Å². The summed E-state index contributed by atoms with van der Waals surface area (Å²) in [5, 5.41) is 13.9. The van der Waals surface area contributed by atoms with Crippen molar-refractivity contribution in [2.24, 2.45) is 5.41 Å². The number of carbonyl (C=O) groups is 3. The highest BCUT2D eigenvalue weighted by atomic mass is 16.4. The summed E-state index contributed by atoms with van der Waals surface area (Å²) in [6.07, 6.45) is 1.98. The Morgan fingerprint density at radius 1 is 1.20 bits per heavy atom. The number of nitrogens with zero attached hydrogens (tertiary/aromatic N) is 1. The van der Waals surface area contributed by atoms with Crippen molar-refractivity contribution in [3.63, 3.8) is 0 Å². The third kappa shape index (κ3) is 4.71. The number of nitrogens with one attached hydrogen (secondary N) is 2. The Bertz CT molecular complexity index is 384. The lowest BCUT2D eigenvalue weighted by Gasteiger charge is -2.27. The summed E-state index contributed by atoms with van der Waals surface area (Å²) < 4.78 is 0. The topological polar surface area (TPSA) is 98.7 Å². The number of hydrogen-bond acceptors (Lipinski definition) is 3. The Kier molecular flexibility index (Phi) is 5.35. The molecule has 0 aromatic carbocycles. The van der Waals surface area contributed by atoms with Crippen molar-refractivity contribution < 1.29 is 19.5 Å². The van der Waals surface area contributed by atoms with E-state index in [9.17, 15) is 14.4 Å². The monoisotopic (exact) mass is 285 g/mol. The molecular weight excluding hydrogens is 262 g/mol. The predicted octanol–water partition coefficient (Wildman–Crippen LogP) is 0.407. The molecule has 1 aliphatic rings. The molecule has 0 aromatic rings. The molecule has 1 heterocycles. The van der Waals surface area contributed by atoms with Gasteiger partial charge in [0.2, 0.25) is 5.91 Å². The molecular formula is C13H23N3O4. The minimum atomic E-state index is -1.10. The third-order valence-electron chi connectivity index (χ3n) is 3.25. The van der Waals surface area contributed by atoms with E-state index in [1.807, 2.05) is 0 Å². The SMILES string of the molecule is CC(C)(C)[C@H](NC(=O)NCC(=O)N1CCCC1)C(=O)O. The Balaban J connectivity index is 2.42. The third-order valence-corrected chi connectivity index (χ3v) is 3.25. The highest BCUT2D eigenvalue weighted by Gasteiger charge is 2.32. The molecule has 1 atom stereocenters. The van der Waals surface area contributed by atoms with Crippen molar-refractivity contribution in [3.8, 4) is 0 Å². The quantitative estimate of drug-likeness (QED) is 0.696. The summed E-state index contributed by atoms with van der Waals surface area (Å²) in [5.41, 5.74) is -0.609. The van der Waals surface area contributed by atoms with Crippen LogP contribution in [0.2, 0.25) is 0 Å². The number of aliphatic carboxylic acids is 1. The number of hydrogen-bond donors (Lipinski definition) is 3. The molecule has 1 saturated heterocycles. The van der Waals surface area contributed by atoms with Gasteiger partial charge in [-0.15, -0.1) is 0 Å². The average Bonchev–Trinajstić information content (AvgIpc) is 2.84. The summed E-state index contributed by atoms with van der Waals surface area (Å²) in [4.78, 5) is 36.2. The molecule has 3 N–H and O–H groups in total. The first kappa shape index (κ1) is 16.3. The molecule has 1 fully saturated rings. The zero-order valence-corrected chi connectivity index (χ0v) is 12.2. The first-order valence-corrected chi connectivity index (χ1v) is 6.77. The number of likely N-dealkylation sites (tertiary alicyclic amines) is 1. The van der Waals surface area contributed by atoms with Crippen LogP contribution >= 0.6 is 0 Å². The fraction of sp³-hybridized carbons (Fsp3) is 0.769. The summed E-state index contributed by atoms with van der Waals surface area (Å²) >= 11 is 0. The second-order valence-electron chi connectivity index (χ2n) is 6.05. The van der Waals surface area contributed by atoms with Crippen LogP contribution in [0.15, 0.2) is 0 Å². The molecule has 1 aliphatic heterocycles. The smallest absolute Gasteiger partial charge is 0.326 e. The van der Waals surface area contributed by atoms with Crippen molar-refractivity contribution in [1.29, 1.82) is 0 Å². The summed E-state index contributed by atoms with van der Waals surface area (Å²) in [6, 6.07) is -1.65. The Hall–Kier alpha value is -1.79. The average molecular weight is 285 g/mol. The van der Waals surface area contributed by atoms with E-state index in [-0.39, 0.29) is 12.5 Å². The zero-order chi connectivity index (χ0) is 15.3. The Morgan fingerprint density at radius 3 is 2.20 bits per heavy atom.